The molecule has 4 heteroatoms. The molecule has 1 aliphatic carbocycles. The SMILES string of the molecule is CC1CC1CNC(=O)C(N)Cc1ccc(O)cc1. The van der Waals surface area contributed by atoms with Gasteiger partial charge in [0.2, 0.25) is 5.91 Å². The first-order chi connectivity index (χ1) is 8.56. The summed E-state index contributed by atoms with van der Waals surface area (Å²) in [5, 5.41) is 12.1. The minimum absolute atomic E-state index is 0.0952. The average molecular weight is 248 g/mol. The maximum Gasteiger partial charge on any atom is 0.237 e. The fourth-order valence-corrected chi connectivity index (χ4v) is 2.02. The molecule has 1 aromatic rings. The molecule has 4 N–H and O–H groups in total. The molecule has 1 amide bonds. The number of rotatable bonds is 5. The summed E-state index contributed by atoms with van der Waals surface area (Å²) in [6.07, 6.45) is 1.69. The van der Waals surface area contributed by atoms with Crippen molar-refractivity contribution < 1.29 is 9.90 Å². The summed E-state index contributed by atoms with van der Waals surface area (Å²) in [4.78, 5) is 11.8. The molecule has 0 radical (unpaired) electrons. The van der Waals surface area contributed by atoms with Gasteiger partial charge in [0.15, 0.2) is 0 Å². The van der Waals surface area contributed by atoms with Gasteiger partial charge in [-0.25, -0.2) is 0 Å². The number of hydrogen-bond donors (Lipinski definition) is 3. The van der Waals surface area contributed by atoms with E-state index in [9.17, 15) is 4.79 Å². The number of carbonyl (C=O) groups excluding carboxylic acids is 1. The van der Waals surface area contributed by atoms with E-state index in [-0.39, 0.29) is 11.7 Å². The van der Waals surface area contributed by atoms with Crippen molar-refractivity contribution >= 4 is 5.91 Å². The van der Waals surface area contributed by atoms with Gasteiger partial charge in [0.1, 0.15) is 5.75 Å². The summed E-state index contributed by atoms with van der Waals surface area (Å²) >= 11 is 0. The highest BCUT2D eigenvalue weighted by atomic mass is 16.3. The van der Waals surface area contributed by atoms with Crippen molar-refractivity contribution in [3.05, 3.63) is 29.8 Å². The third kappa shape index (κ3) is 3.47. The van der Waals surface area contributed by atoms with Crippen LogP contribution in [0.1, 0.15) is 18.9 Å². The lowest BCUT2D eigenvalue weighted by molar-refractivity contribution is -0.122. The van der Waals surface area contributed by atoms with Crippen molar-refractivity contribution in [3.8, 4) is 5.75 Å². The van der Waals surface area contributed by atoms with E-state index in [2.05, 4.69) is 12.2 Å². The molecule has 0 spiro atoms. The number of carbonyl (C=O) groups is 1. The molecule has 1 aromatic carbocycles. The lowest BCUT2D eigenvalue weighted by Crippen LogP contribution is -2.42. The van der Waals surface area contributed by atoms with E-state index in [1.807, 2.05) is 0 Å². The Hall–Kier alpha value is -1.55. The highest BCUT2D eigenvalue weighted by molar-refractivity contribution is 5.81. The van der Waals surface area contributed by atoms with Crippen molar-refractivity contribution in [1.29, 1.82) is 0 Å². The van der Waals surface area contributed by atoms with Gasteiger partial charge in [0.05, 0.1) is 6.04 Å². The Kier molecular flexibility index (Phi) is 3.87. The number of aromatic hydroxyl groups is 1. The van der Waals surface area contributed by atoms with Crippen molar-refractivity contribution in [2.45, 2.75) is 25.8 Å². The van der Waals surface area contributed by atoms with Crippen LogP contribution in [0.5, 0.6) is 5.75 Å². The van der Waals surface area contributed by atoms with Gasteiger partial charge in [-0.2, -0.15) is 0 Å². The second-order valence-corrected chi connectivity index (χ2v) is 5.20. The molecule has 3 atom stereocenters. The van der Waals surface area contributed by atoms with Crippen molar-refractivity contribution in [2.24, 2.45) is 17.6 Å². The number of amides is 1. The van der Waals surface area contributed by atoms with Gasteiger partial charge >= 0.3 is 0 Å². The van der Waals surface area contributed by atoms with Gasteiger partial charge in [-0.1, -0.05) is 19.1 Å². The van der Waals surface area contributed by atoms with Gasteiger partial charge in [-0.15, -0.1) is 0 Å². The maximum absolute atomic E-state index is 11.8. The smallest absolute Gasteiger partial charge is 0.237 e. The third-order valence-corrected chi connectivity index (χ3v) is 3.54. The lowest BCUT2D eigenvalue weighted by Gasteiger charge is -2.12. The Morgan fingerprint density at radius 2 is 2.11 bits per heavy atom. The number of nitrogens with two attached hydrogens (primary N) is 1. The summed E-state index contributed by atoms with van der Waals surface area (Å²) < 4.78 is 0. The van der Waals surface area contributed by atoms with Crippen LogP contribution < -0.4 is 11.1 Å². The Balaban J connectivity index is 1.77. The van der Waals surface area contributed by atoms with E-state index in [1.165, 1.54) is 6.42 Å². The fraction of sp³-hybridized carbons (Fsp3) is 0.500. The number of benzene rings is 1. The predicted octanol–water partition coefficient (Wildman–Crippen LogP) is 1.03. The van der Waals surface area contributed by atoms with Gasteiger partial charge in [-0.3, -0.25) is 4.79 Å². The highest BCUT2D eigenvalue weighted by Crippen LogP contribution is 2.36. The lowest BCUT2D eigenvalue weighted by atomic mass is 10.1. The van der Waals surface area contributed by atoms with Crippen LogP contribution in [0.2, 0.25) is 0 Å². The summed E-state index contributed by atoms with van der Waals surface area (Å²) in [6, 6.07) is 6.25. The third-order valence-electron chi connectivity index (χ3n) is 3.54. The second kappa shape index (κ2) is 5.40. The molecule has 3 unspecified atom stereocenters. The van der Waals surface area contributed by atoms with Crippen molar-refractivity contribution in [3.63, 3.8) is 0 Å². The van der Waals surface area contributed by atoms with E-state index >= 15 is 0 Å². The minimum Gasteiger partial charge on any atom is -0.508 e. The van der Waals surface area contributed by atoms with Crippen molar-refractivity contribution in [1.82, 2.24) is 5.32 Å². The molecular weight excluding hydrogens is 228 g/mol. The van der Waals surface area contributed by atoms with Crippen LogP contribution in [-0.2, 0) is 11.2 Å². The second-order valence-electron chi connectivity index (χ2n) is 5.20. The summed E-state index contributed by atoms with van der Waals surface area (Å²) in [6.45, 7) is 2.93. The first-order valence-electron chi connectivity index (χ1n) is 6.37. The Labute approximate surface area is 107 Å². The van der Waals surface area contributed by atoms with E-state index in [4.69, 9.17) is 10.8 Å². The minimum atomic E-state index is -0.524. The van der Waals surface area contributed by atoms with E-state index < -0.39 is 6.04 Å². The van der Waals surface area contributed by atoms with Crippen LogP contribution in [0.4, 0.5) is 0 Å². The number of hydrogen-bond acceptors (Lipinski definition) is 3. The number of nitrogens with one attached hydrogen (secondary N) is 1. The van der Waals surface area contributed by atoms with Crippen LogP contribution in [0, 0.1) is 11.8 Å². The maximum atomic E-state index is 11.8. The zero-order valence-electron chi connectivity index (χ0n) is 10.6. The zero-order valence-corrected chi connectivity index (χ0v) is 10.6. The first kappa shape index (κ1) is 12.9. The zero-order chi connectivity index (χ0) is 13.1. The van der Waals surface area contributed by atoms with Crippen LogP contribution in [0.25, 0.3) is 0 Å². The average Bonchev–Trinajstić information content (AvgIpc) is 3.05. The Morgan fingerprint density at radius 1 is 1.50 bits per heavy atom. The van der Waals surface area contributed by atoms with Crippen LogP contribution in [-0.4, -0.2) is 23.6 Å². The topological polar surface area (TPSA) is 75.4 Å². The molecule has 4 nitrogen and oxygen atoms in total. The van der Waals surface area contributed by atoms with Gasteiger partial charge in [0.25, 0.3) is 0 Å². The van der Waals surface area contributed by atoms with Gasteiger partial charge < -0.3 is 16.2 Å². The van der Waals surface area contributed by atoms with Crippen LogP contribution in [0.15, 0.2) is 24.3 Å². The quantitative estimate of drug-likeness (QED) is 0.728. The molecule has 18 heavy (non-hydrogen) atoms. The normalized spacial score (nSPS) is 23.4. The predicted molar refractivity (Wildman–Crippen MR) is 70.1 cm³/mol. The molecule has 0 bridgehead atoms. The van der Waals surface area contributed by atoms with Crippen molar-refractivity contribution in [2.75, 3.05) is 6.54 Å². The molecular formula is C14H20N2O2. The molecule has 0 heterocycles. The summed E-state index contributed by atoms with van der Waals surface area (Å²) in [5.41, 5.74) is 6.81. The van der Waals surface area contributed by atoms with E-state index in [0.717, 1.165) is 18.0 Å². The molecule has 1 fully saturated rings. The fourth-order valence-electron chi connectivity index (χ4n) is 2.02. The Morgan fingerprint density at radius 3 is 2.67 bits per heavy atom. The molecule has 2 rings (SSSR count). The van der Waals surface area contributed by atoms with Crippen LogP contribution >= 0.6 is 0 Å². The number of phenols is 1. The molecule has 98 valence electrons. The molecule has 0 aliphatic heterocycles. The standard InChI is InChI=1S/C14H20N2O2/c1-9-6-11(9)8-16-14(18)13(15)7-10-2-4-12(17)5-3-10/h2-5,9,11,13,17H,6-8,15H2,1H3,(H,16,18). The first-order valence-corrected chi connectivity index (χ1v) is 6.37. The highest BCUT2D eigenvalue weighted by Gasteiger charge is 2.32. The number of phenolic OH excluding ortho intramolecular Hbond substituents is 1. The molecule has 1 saturated carbocycles. The van der Waals surface area contributed by atoms with Crippen LogP contribution in [0.3, 0.4) is 0 Å². The Bertz CT molecular complexity index is 416. The van der Waals surface area contributed by atoms with Gasteiger partial charge in [0, 0.05) is 6.54 Å². The summed E-state index contributed by atoms with van der Waals surface area (Å²) in [7, 11) is 0. The summed E-state index contributed by atoms with van der Waals surface area (Å²) in [5.74, 6) is 1.50. The van der Waals surface area contributed by atoms with E-state index in [0.29, 0.717) is 12.3 Å². The molecule has 0 aromatic heterocycles. The monoisotopic (exact) mass is 248 g/mol. The largest absolute Gasteiger partial charge is 0.508 e. The molecule has 1 aliphatic rings. The van der Waals surface area contributed by atoms with Gasteiger partial charge in [-0.05, 0) is 42.4 Å². The van der Waals surface area contributed by atoms with E-state index in [1.54, 1.807) is 24.3 Å². The molecule has 0 saturated heterocycles.